The normalized spacial score (nSPS) is 21.2. The van der Waals surface area contributed by atoms with Gasteiger partial charge in [-0.05, 0) is 27.9 Å². The first-order valence-corrected chi connectivity index (χ1v) is 6.87. The Labute approximate surface area is 119 Å². The van der Waals surface area contributed by atoms with Gasteiger partial charge in [-0.3, -0.25) is 0 Å². The third kappa shape index (κ3) is 5.52. The number of nitrogens with zero attached hydrogens (tertiary/aromatic N) is 1. The van der Waals surface area contributed by atoms with Crippen LogP contribution in [0, 0.1) is 0 Å². The third-order valence-electron chi connectivity index (χ3n) is 2.77. The van der Waals surface area contributed by atoms with Gasteiger partial charge in [-0.15, -0.1) is 11.6 Å². The van der Waals surface area contributed by atoms with E-state index in [1.54, 1.807) is 0 Å². The lowest BCUT2D eigenvalue weighted by Gasteiger charge is -2.44. The molecule has 0 aromatic heterocycles. The van der Waals surface area contributed by atoms with Gasteiger partial charge in [0.05, 0.1) is 13.2 Å². The summed E-state index contributed by atoms with van der Waals surface area (Å²) in [5.74, 6) is -0.224. The minimum absolute atomic E-state index is 0.255. The van der Waals surface area contributed by atoms with E-state index in [1.807, 2.05) is 32.8 Å². The maximum absolute atomic E-state index is 11.8. The second-order valence-corrected chi connectivity index (χ2v) is 5.94. The quantitative estimate of drug-likeness (QED) is 0.729. The molecular weight excluding hydrogens is 270 g/mol. The van der Waals surface area contributed by atoms with Crippen LogP contribution < -0.4 is 10.6 Å². The minimum Gasteiger partial charge on any atom is -0.348 e. The van der Waals surface area contributed by atoms with Crippen LogP contribution in [-0.4, -0.2) is 68.5 Å². The highest BCUT2D eigenvalue weighted by atomic mass is 35.5. The first-order valence-electron chi connectivity index (χ1n) is 6.33. The highest BCUT2D eigenvalue weighted by molar-refractivity contribution is 6.18. The maximum Gasteiger partial charge on any atom is 0.315 e. The molecule has 1 aliphatic rings. The fourth-order valence-corrected chi connectivity index (χ4v) is 2.06. The number of hydrogen-bond donors (Lipinski definition) is 2. The molecule has 0 atom stereocenters. The van der Waals surface area contributed by atoms with Gasteiger partial charge in [-0.25, -0.2) is 4.79 Å². The minimum atomic E-state index is -0.607. The molecule has 6 nitrogen and oxygen atoms in total. The number of ether oxygens (including phenoxy) is 2. The summed E-state index contributed by atoms with van der Waals surface area (Å²) in [7, 11) is 3.89. The summed E-state index contributed by atoms with van der Waals surface area (Å²) in [5, 5.41) is 5.62. The van der Waals surface area contributed by atoms with Crippen molar-refractivity contribution in [3.8, 4) is 0 Å². The second kappa shape index (κ2) is 6.74. The third-order valence-corrected chi connectivity index (χ3v) is 2.96. The van der Waals surface area contributed by atoms with Gasteiger partial charge >= 0.3 is 6.03 Å². The molecule has 1 fully saturated rings. The predicted molar refractivity (Wildman–Crippen MR) is 74.5 cm³/mol. The van der Waals surface area contributed by atoms with Crippen LogP contribution in [0.4, 0.5) is 4.79 Å². The molecule has 1 saturated heterocycles. The summed E-state index contributed by atoms with van der Waals surface area (Å²) >= 11 is 5.54. The average molecular weight is 294 g/mol. The van der Waals surface area contributed by atoms with Crippen LogP contribution in [0.15, 0.2) is 0 Å². The SMILES string of the molecule is CN(C)CC1(NC(=O)NCCCl)COC(C)(C)OC1. The molecular formula is C12H24ClN3O3. The smallest absolute Gasteiger partial charge is 0.315 e. The highest BCUT2D eigenvalue weighted by Gasteiger charge is 2.41. The van der Waals surface area contributed by atoms with E-state index in [0.717, 1.165) is 0 Å². The number of urea groups is 1. The van der Waals surface area contributed by atoms with E-state index in [4.69, 9.17) is 21.1 Å². The van der Waals surface area contributed by atoms with Crippen molar-refractivity contribution in [2.75, 3.05) is 46.3 Å². The van der Waals surface area contributed by atoms with Gasteiger partial charge in [0.15, 0.2) is 5.79 Å². The molecule has 0 aliphatic carbocycles. The summed E-state index contributed by atoms with van der Waals surface area (Å²) in [6.07, 6.45) is 0. The Kier molecular flexibility index (Phi) is 5.85. The molecule has 0 spiro atoms. The fraction of sp³-hybridized carbons (Fsp3) is 0.917. The monoisotopic (exact) mass is 293 g/mol. The molecule has 1 heterocycles. The standard InChI is InChI=1S/C12H24ClN3O3/c1-11(2)18-8-12(9-19-11,7-16(3)4)15-10(17)14-6-5-13/h5-9H2,1-4H3,(H2,14,15,17). The molecule has 0 saturated carbocycles. The molecule has 2 N–H and O–H groups in total. The van der Waals surface area contributed by atoms with E-state index < -0.39 is 11.3 Å². The van der Waals surface area contributed by atoms with E-state index >= 15 is 0 Å². The van der Waals surface area contributed by atoms with Crippen LogP contribution in [0.3, 0.4) is 0 Å². The van der Waals surface area contributed by atoms with Gasteiger partial charge in [-0.2, -0.15) is 0 Å². The van der Waals surface area contributed by atoms with Crippen molar-refractivity contribution in [2.45, 2.75) is 25.2 Å². The predicted octanol–water partition coefficient (Wildman–Crippen LogP) is 0.608. The van der Waals surface area contributed by atoms with Crippen LogP contribution in [0.1, 0.15) is 13.8 Å². The van der Waals surface area contributed by atoms with Gasteiger partial charge < -0.3 is 25.0 Å². The fourth-order valence-electron chi connectivity index (χ4n) is 1.96. The molecule has 0 aromatic carbocycles. The largest absolute Gasteiger partial charge is 0.348 e. The summed E-state index contributed by atoms with van der Waals surface area (Å²) in [5.41, 5.74) is -0.546. The van der Waals surface area contributed by atoms with Crippen molar-refractivity contribution >= 4 is 17.6 Å². The number of nitrogens with one attached hydrogen (secondary N) is 2. The van der Waals surface area contributed by atoms with Gasteiger partial charge in [0.2, 0.25) is 0 Å². The van der Waals surface area contributed by atoms with Crippen LogP contribution >= 0.6 is 11.6 Å². The molecule has 19 heavy (non-hydrogen) atoms. The van der Waals surface area contributed by atoms with Crippen LogP contribution in [-0.2, 0) is 9.47 Å². The van der Waals surface area contributed by atoms with Crippen molar-refractivity contribution < 1.29 is 14.3 Å². The van der Waals surface area contributed by atoms with Gasteiger partial charge in [0.25, 0.3) is 0 Å². The number of hydrogen-bond acceptors (Lipinski definition) is 4. The van der Waals surface area contributed by atoms with Crippen molar-refractivity contribution in [3.05, 3.63) is 0 Å². The van der Waals surface area contributed by atoms with Crippen LogP contribution in [0.5, 0.6) is 0 Å². The van der Waals surface area contributed by atoms with E-state index in [2.05, 4.69) is 10.6 Å². The molecule has 0 unspecified atom stereocenters. The number of likely N-dealkylation sites (N-methyl/N-ethyl adjacent to an activating group) is 1. The molecule has 112 valence electrons. The lowest BCUT2D eigenvalue weighted by Crippen LogP contribution is -2.66. The van der Waals surface area contributed by atoms with Gasteiger partial charge in [0.1, 0.15) is 5.54 Å². The van der Waals surface area contributed by atoms with Crippen molar-refractivity contribution in [2.24, 2.45) is 0 Å². The number of carbonyl (C=O) groups excluding carboxylic acids is 1. The van der Waals surface area contributed by atoms with Crippen LogP contribution in [0.25, 0.3) is 0 Å². The van der Waals surface area contributed by atoms with Crippen molar-refractivity contribution in [1.82, 2.24) is 15.5 Å². The highest BCUT2D eigenvalue weighted by Crippen LogP contribution is 2.23. The zero-order valence-corrected chi connectivity index (χ0v) is 12.8. The Morgan fingerprint density at radius 2 is 1.89 bits per heavy atom. The van der Waals surface area contributed by atoms with E-state index in [-0.39, 0.29) is 6.03 Å². The lowest BCUT2D eigenvalue weighted by atomic mass is 10.00. The Bertz CT molecular complexity index is 301. The first-order chi connectivity index (χ1) is 8.79. The maximum atomic E-state index is 11.8. The zero-order chi connectivity index (χ0) is 14.5. The number of carbonyl (C=O) groups is 1. The number of rotatable bonds is 5. The molecule has 0 radical (unpaired) electrons. The second-order valence-electron chi connectivity index (χ2n) is 5.57. The number of amides is 2. The Hall–Kier alpha value is -0.560. The van der Waals surface area contributed by atoms with Crippen molar-refractivity contribution in [1.29, 1.82) is 0 Å². The average Bonchev–Trinajstić information content (AvgIpc) is 2.30. The first kappa shape index (κ1) is 16.5. The Morgan fingerprint density at radius 3 is 2.37 bits per heavy atom. The molecule has 1 rings (SSSR count). The topological polar surface area (TPSA) is 62.8 Å². The molecule has 7 heteroatoms. The van der Waals surface area contributed by atoms with Gasteiger partial charge in [-0.1, -0.05) is 0 Å². The van der Waals surface area contributed by atoms with E-state index in [9.17, 15) is 4.79 Å². The van der Waals surface area contributed by atoms with Gasteiger partial charge in [0, 0.05) is 19.0 Å². The summed E-state index contributed by atoms with van der Waals surface area (Å²) in [6.45, 7) is 5.61. The number of halogens is 1. The Morgan fingerprint density at radius 1 is 1.32 bits per heavy atom. The summed E-state index contributed by atoms with van der Waals surface area (Å²) < 4.78 is 11.3. The summed E-state index contributed by atoms with van der Waals surface area (Å²) in [4.78, 5) is 13.8. The van der Waals surface area contributed by atoms with E-state index in [0.29, 0.717) is 32.2 Å². The molecule has 2 amide bonds. The lowest BCUT2D eigenvalue weighted by molar-refractivity contribution is -0.271. The molecule has 0 bridgehead atoms. The molecule has 0 aromatic rings. The zero-order valence-electron chi connectivity index (χ0n) is 12.1. The van der Waals surface area contributed by atoms with Crippen molar-refractivity contribution in [3.63, 3.8) is 0 Å². The Balaban J connectivity index is 2.64. The molecule has 1 aliphatic heterocycles. The van der Waals surface area contributed by atoms with E-state index in [1.165, 1.54) is 0 Å². The number of alkyl halides is 1. The van der Waals surface area contributed by atoms with Crippen LogP contribution in [0.2, 0.25) is 0 Å². The summed E-state index contributed by atoms with van der Waals surface area (Å²) in [6, 6.07) is -0.255.